The largest absolute Gasteiger partial charge is 0.370 e. The van der Waals surface area contributed by atoms with Crippen LogP contribution in [0, 0.1) is 5.92 Å². The van der Waals surface area contributed by atoms with Gasteiger partial charge >= 0.3 is 0 Å². The monoisotopic (exact) mass is 267 g/mol. The highest BCUT2D eigenvalue weighted by Gasteiger charge is 2.30. The van der Waals surface area contributed by atoms with Crippen LogP contribution in [0.3, 0.4) is 0 Å². The third kappa shape index (κ3) is 3.54. The number of hydrogen-bond donors (Lipinski definition) is 1. The summed E-state index contributed by atoms with van der Waals surface area (Å²) in [6, 6.07) is -0.171. The zero-order chi connectivity index (χ0) is 13.7. The first-order chi connectivity index (χ1) is 9.26. The molecule has 5 heteroatoms. The Kier molecular flexibility index (Phi) is 5.34. The smallest absolute Gasteiger partial charge is 0.243 e. The van der Waals surface area contributed by atoms with E-state index >= 15 is 0 Å². The molecule has 1 aromatic heterocycles. The first-order valence-corrected chi connectivity index (χ1v) is 7.46. The first-order valence-electron chi connectivity index (χ1n) is 7.46. The number of rotatable bonds is 6. The van der Waals surface area contributed by atoms with Gasteiger partial charge in [0.05, 0.1) is 6.04 Å². The lowest BCUT2D eigenvalue weighted by Crippen LogP contribution is -2.20. The molecule has 19 heavy (non-hydrogen) atoms. The second-order valence-corrected chi connectivity index (χ2v) is 5.28. The summed E-state index contributed by atoms with van der Waals surface area (Å²) < 4.78 is 11.1. The van der Waals surface area contributed by atoms with Gasteiger partial charge < -0.3 is 15.0 Å². The number of aromatic nitrogens is 2. The average molecular weight is 267 g/mol. The lowest BCUT2D eigenvalue weighted by molar-refractivity contribution is -0.00145. The predicted octanol–water partition coefficient (Wildman–Crippen LogP) is 3.14. The summed E-state index contributed by atoms with van der Waals surface area (Å²) in [5.74, 6) is 1.71. The van der Waals surface area contributed by atoms with E-state index in [-0.39, 0.29) is 12.1 Å². The van der Waals surface area contributed by atoms with Gasteiger partial charge in [0.2, 0.25) is 11.7 Å². The van der Waals surface area contributed by atoms with Gasteiger partial charge in [-0.25, -0.2) is 0 Å². The van der Waals surface area contributed by atoms with E-state index in [1.54, 1.807) is 0 Å². The summed E-state index contributed by atoms with van der Waals surface area (Å²) >= 11 is 0. The lowest BCUT2D eigenvalue weighted by Gasteiger charge is -2.27. The molecule has 5 nitrogen and oxygen atoms in total. The molecule has 1 aliphatic rings. The Bertz CT molecular complexity index is 375. The predicted molar refractivity (Wildman–Crippen MR) is 72.5 cm³/mol. The number of nitrogens with two attached hydrogens (primary N) is 1. The number of nitrogens with zero attached hydrogens (tertiary/aromatic N) is 2. The molecule has 1 fully saturated rings. The molecule has 0 spiro atoms. The molecule has 1 saturated carbocycles. The molecule has 0 amide bonds. The van der Waals surface area contributed by atoms with Crippen molar-refractivity contribution in [1.82, 2.24) is 10.1 Å². The summed E-state index contributed by atoms with van der Waals surface area (Å²) in [6.07, 6.45) is 7.01. The van der Waals surface area contributed by atoms with Gasteiger partial charge in [0.15, 0.2) is 0 Å². The van der Waals surface area contributed by atoms with Crippen molar-refractivity contribution in [2.24, 2.45) is 11.7 Å². The van der Waals surface area contributed by atoms with Crippen LogP contribution in [-0.2, 0) is 4.74 Å². The molecule has 108 valence electrons. The maximum absolute atomic E-state index is 5.92. The number of hydrogen-bond acceptors (Lipinski definition) is 5. The highest BCUT2D eigenvalue weighted by Crippen LogP contribution is 2.36. The van der Waals surface area contributed by atoms with E-state index in [1.165, 1.54) is 32.1 Å². The minimum absolute atomic E-state index is 0.0353. The fourth-order valence-corrected chi connectivity index (χ4v) is 2.73. The van der Waals surface area contributed by atoms with Crippen molar-refractivity contribution in [1.29, 1.82) is 0 Å². The average Bonchev–Trinajstić information content (AvgIpc) is 2.94. The van der Waals surface area contributed by atoms with Gasteiger partial charge in [0, 0.05) is 6.61 Å². The third-order valence-corrected chi connectivity index (χ3v) is 3.89. The van der Waals surface area contributed by atoms with Crippen LogP contribution in [0.4, 0.5) is 0 Å². The van der Waals surface area contributed by atoms with E-state index in [9.17, 15) is 0 Å². The van der Waals surface area contributed by atoms with Gasteiger partial charge in [-0.2, -0.15) is 4.98 Å². The number of ether oxygens (including phenoxy) is 1. The Morgan fingerprint density at radius 2 is 2.05 bits per heavy atom. The van der Waals surface area contributed by atoms with Crippen LogP contribution >= 0.6 is 0 Å². The fourth-order valence-electron chi connectivity index (χ4n) is 2.73. The van der Waals surface area contributed by atoms with E-state index in [1.807, 2.05) is 13.8 Å². The molecule has 0 aromatic carbocycles. The van der Waals surface area contributed by atoms with E-state index in [0.717, 1.165) is 6.42 Å². The molecule has 1 aliphatic carbocycles. The van der Waals surface area contributed by atoms with Gasteiger partial charge in [-0.15, -0.1) is 0 Å². The van der Waals surface area contributed by atoms with Crippen LogP contribution in [0.15, 0.2) is 4.52 Å². The summed E-state index contributed by atoms with van der Waals surface area (Å²) in [7, 11) is 0. The maximum atomic E-state index is 5.92. The Morgan fingerprint density at radius 3 is 2.68 bits per heavy atom. The molecular formula is C14H25N3O2. The second-order valence-electron chi connectivity index (χ2n) is 5.28. The van der Waals surface area contributed by atoms with Crippen LogP contribution < -0.4 is 5.73 Å². The van der Waals surface area contributed by atoms with Crippen LogP contribution in [0.1, 0.15) is 76.2 Å². The summed E-state index contributed by atoms with van der Waals surface area (Å²) in [5.41, 5.74) is 5.92. The van der Waals surface area contributed by atoms with E-state index in [2.05, 4.69) is 10.1 Å². The van der Waals surface area contributed by atoms with Crippen LogP contribution in [0.5, 0.6) is 0 Å². The second kappa shape index (κ2) is 7.01. The van der Waals surface area contributed by atoms with Gasteiger partial charge in [-0.05, 0) is 32.1 Å². The molecule has 1 heterocycles. The first kappa shape index (κ1) is 14.5. The topological polar surface area (TPSA) is 74.2 Å². The van der Waals surface area contributed by atoms with E-state index in [4.69, 9.17) is 15.0 Å². The zero-order valence-electron chi connectivity index (χ0n) is 12.0. The molecule has 0 aliphatic heterocycles. The summed E-state index contributed by atoms with van der Waals surface area (Å²) in [6.45, 7) is 4.69. The molecule has 0 radical (unpaired) electrons. The Labute approximate surface area is 114 Å². The van der Waals surface area contributed by atoms with Crippen molar-refractivity contribution >= 4 is 0 Å². The van der Waals surface area contributed by atoms with E-state index < -0.39 is 0 Å². The van der Waals surface area contributed by atoms with Gasteiger partial charge in [-0.3, -0.25) is 0 Å². The van der Waals surface area contributed by atoms with Crippen molar-refractivity contribution < 1.29 is 9.26 Å². The van der Waals surface area contributed by atoms with Crippen molar-refractivity contribution in [3.63, 3.8) is 0 Å². The van der Waals surface area contributed by atoms with Crippen LogP contribution in [-0.4, -0.2) is 16.7 Å². The highest BCUT2D eigenvalue weighted by atomic mass is 16.5. The molecule has 0 saturated heterocycles. The molecule has 1 unspecified atom stereocenters. The summed E-state index contributed by atoms with van der Waals surface area (Å²) in [5, 5.41) is 4.09. The van der Waals surface area contributed by atoms with Crippen molar-refractivity contribution in [3.8, 4) is 0 Å². The van der Waals surface area contributed by atoms with E-state index in [0.29, 0.717) is 24.2 Å². The molecular weight excluding hydrogens is 242 g/mol. The van der Waals surface area contributed by atoms with Crippen molar-refractivity contribution in [2.75, 3.05) is 6.61 Å². The Hall–Kier alpha value is -0.940. The normalized spacial score (nSPS) is 20.4. The minimum atomic E-state index is -0.171. The lowest BCUT2D eigenvalue weighted by atomic mass is 9.85. The van der Waals surface area contributed by atoms with Gasteiger partial charge in [-0.1, -0.05) is 31.3 Å². The minimum Gasteiger partial charge on any atom is -0.370 e. The molecule has 2 atom stereocenters. The zero-order valence-corrected chi connectivity index (χ0v) is 12.0. The van der Waals surface area contributed by atoms with Gasteiger partial charge in [0.25, 0.3) is 0 Å². The fraction of sp³-hybridized carbons (Fsp3) is 0.857. The third-order valence-electron chi connectivity index (χ3n) is 3.89. The van der Waals surface area contributed by atoms with Crippen molar-refractivity contribution in [3.05, 3.63) is 11.7 Å². The van der Waals surface area contributed by atoms with Crippen LogP contribution in [0.25, 0.3) is 0 Å². The highest BCUT2D eigenvalue weighted by molar-refractivity contribution is 4.97. The Morgan fingerprint density at radius 1 is 1.32 bits per heavy atom. The quantitative estimate of drug-likeness (QED) is 0.857. The SMILES string of the molecule is CCOC(c1noc([C@@H](N)CC)n1)C1CCCCC1. The van der Waals surface area contributed by atoms with Crippen molar-refractivity contribution in [2.45, 2.75) is 64.5 Å². The standard InChI is InChI=1S/C14H25N3O2/c1-3-11(15)14-16-13(17-19-14)12(18-4-2)10-8-6-5-7-9-10/h10-12H,3-9,15H2,1-2H3/t11-,12?/m0/s1. The Balaban J connectivity index is 2.11. The summed E-state index contributed by atoms with van der Waals surface area (Å²) in [4.78, 5) is 4.45. The van der Waals surface area contributed by atoms with Gasteiger partial charge in [0.1, 0.15) is 6.10 Å². The molecule has 1 aromatic rings. The maximum Gasteiger partial charge on any atom is 0.243 e. The molecule has 2 N–H and O–H groups in total. The molecule has 2 rings (SSSR count). The van der Waals surface area contributed by atoms with Crippen LogP contribution in [0.2, 0.25) is 0 Å². The molecule has 0 bridgehead atoms.